The van der Waals surface area contributed by atoms with Crippen LogP contribution in [0.4, 0.5) is 0 Å². The van der Waals surface area contributed by atoms with E-state index in [4.69, 9.17) is 16.3 Å². The van der Waals surface area contributed by atoms with Crippen molar-refractivity contribution in [1.29, 1.82) is 0 Å². The van der Waals surface area contributed by atoms with Crippen LogP contribution in [-0.4, -0.2) is 36.1 Å². The number of hydrogen-bond acceptors (Lipinski definition) is 3. The molecule has 4 heteroatoms. The van der Waals surface area contributed by atoms with Gasteiger partial charge in [0.05, 0.1) is 0 Å². The summed E-state index contributed by atoms with van der Waals surface area (Å²) >= 11 is 5.91. The van der Waals surface area contributed by atoms with Crippen molar-refractivity contribution < 1.29 is 4.74 Å². The summed E-state index contributed by atoms with van der Waals surface area (Å²) in [6, 6.07) is 4.52. The summed E-state index contributed by atoms with van der Waals surface area (Å²) in [5.74, 6) is 1.23. The van der Waals surface area contributed by atoms with E-state index in [9.17, 15) is 0 Å². The summed E-state index contributed by atoms with van der Waals surface area (Å²) in [6.45, 7) is 3.99. The molecule has 3 nitrogen and oxygen atoms in total. The molecule has 2 heterocycles. The number of alkyl halides is 1. The van der Waals surface area contributed by atoms with Crippen LogP contribution in [0.15, 0.2) is 12.1 Å². The van der Waals surface area contributed by atoms with E-state index >= 15 is 0 Å². The van der Waals surface area contributed by atoms with Gasteiger partial charge in [0.2, 0.25) is 5.88 Å². The Hall–Kier alpha value is -0.800. The lowest BCUT2D eigenvalue weighted by atomic mass is 10.0. The number of piperidine rings is 1. The summed E-state index contributed by atoms with van der Waals surface area (Å²) in [6.07, 6.45) is 4.72. The minimum absolute atomic E-state index is 0.509. The van der Waals surface area contributed by atoms with Gasteiger partial charge in [0, 0.05) is 23.7 Å². The van der Waals surface area contributed by atoms with Gasteiger partial charge < -0.3 is 9.64 Å². The van der Waals surface area contributed by atoms with E-state index in [0.717, 1.165) is 24.3 Å². The molecule has 1 aromatic heterocycles. The summed E-state index contributed by atoms with van der Waals surface area (Å²) in [5, 5.41) is 0. The minimum Gasteiger partial charge on any atom is -0.476 e. The number of aryl methyl sites for hydroxylation is 1. The highest BCUT2D eigenvalue weighted by molar-refractivity contribution is 6.17. The van der Waals surface area contributed by atoms with Gasteiger partial charge in [-0.05, 0) is 44.5 Å². The number of likely N-dealkylation sites (N-methyl/N-ethyl adjacent to an activating group) is 1. The maximum Gasteiger partial charge on any atom is 0.213 e. The monoisotopic (exact) mass is 282 g/mol. The zero-order chi connectivity index (χ0) is 13.7. The van der Waals surface area contributed by atoms with Crippen molar-refractivity contribution in [3.63, 3.8) is 0 Å². The van der Waals surface area contributed by atoms with E-state index in [1.54, 1.807) is 0 Å². The summed E-state index contributed by atoms with van der Waals surface area (Å²) in [4.78, 5) is 6.89. The van der Waals surface area contributed by atoms with Gasteiger partial charge in [-0.3, -0.25) is 0 Å². The average Bonchev–Trinajstić information content (AvgIpc) is 2.46. The fourth-order valence-corrected chi connectivity index (χ4v) is 2.64. The van der Waals surface area contributed by atoms with Crippen LogP contribution in [-0.2, 0) is 12.3 Å². The van der Waals surface area contributed by atoms with E-state index in [0.29, 0.717) is 17.8 Å². The van der Waals surface area contributed by atoms with Gasteiger partial charge in [-0.15, -0.1) is 11.6 Å². The Morgan fingerprint density at radius 3 is 2.95 bits per heavy atom. The number of likely N-dealkylation sites (tertiary alicyclic amines) is 1. The van der Waals surface area contributed by atoms with Gasteiger partial charge in [0.25, 0.3) is 0 Å². The molecule has 1 fully saturated rings. The Kier molecular flexibility index (Phi) is 5.46. The first-order chi connectivity index (χ1) is 9.22. The van der Waals surface area contributed by atoms with Crippen molar-refractivity contribution in [2.75, 3.05) is 20.2 Å². The second-order valence-corrected chi connectivity index (χ2v) is 5.50. The lowest BCUT2D eigenvalue weighted by Gasteiger charge is -2.32. The lowest BCUT2D eigenvalue weighted by molar-refractivity contribution is 0.122. The lowest BCUT2D eigenvalue weighted by Crippen LogP contribution is -2.40. The smallest absolute Gasteiger partial charge is 0.213 e. The summed E-state index contributed by atoms with van der Waals surface area (Å²) < 4.78 is 5.89. The van der Waals surface area contributed by atoms with E-state index < -0.39 is 0 Å². The molecule has 1 atom stereocenters. The first kappa shape index (κ1) is 14.6. The molecule has 2 rings (SSSR count). The summed E-state index contributed by atoms with van der Waals surface area (Å²) in [7, 11) is 2.17. The average molecular weight is 283 g/mol. The van der Waals surface area contributed by atoms with Crippen molar-refractivity contribution in [1.82, 2.24) is 9.88 Å². The van der Waals surface area contributed by atoms with Gasteiger partial charge in [0.15, 0.2) is 0 Å². The molecule has 0 bridgehead atoms. The van der Waals surface area contributed by atoms with Gasteiger partial charge >= 0.3 is 0 Å². The molecule has 1 aliphatic heterocycles. The van der Waals surface area contributed by atoms with Crippen LogP contribution in [0, 0.1) is 0 Å². The molecule has 106 valence electrons. The second-order valence-electron chi connectivity index (χ2n) is 5.23. The quantitative estimate of drug-likeness (QED) is 0.775. The standard InChI is InChI=1S/C15H23ClN2O/c1-3-13-8-12(10-16)9-15(17-13)19-11-14-6-4-5-7-18(14)2/h8-9,14H,3-7,10-11H2,1-2H3. The first-order valence-corrected chi connectivity index (χ1v) is 7.65. The number of halogens is 1. The van der Waals surface area contributed by atoms with Crippen molar-refractivity contribution in [2.24, 2.45) is 0 Å². The third-order valence-electron chi connectivity index (χ3n) is 3.78. The Balaban J connectivity index is 1.98. The Bertz CT molecular complexity index is 389. The highest BCUT2D eigenvalue weighted by Gasteiger charge is 2.19. The number of pyridine rings is 1. The SMILES string of the molecule is CCc1cc(CCl)cc(OCC2CCCCN2C)n1. The molecule has 19 heavy (non-hydrogen) atoms. The topological polar surface area (TPSA) is 25.4 Å². The summed E-state index contributed by atoms with van der Waals surface area (Å²) in [5.41, 5.74) is 2.13. The number of nitrogens with zero attached hydrogens (tertiary/aromatic N) is 2. The fraction of sp³-hybridized carbons (Fsp3) is 0.667. The third kappa shape index (κ3) is 4.08. The molecular formula is C15H23ClN2O. The highest BCUT2D eigenvalue weighted by Crippen LogP contribution is 2.18. The van der Waals surface area contributed by atoms with Crippen LogP contribution in [0.2, 0.25) is 0 Å². The van der Waals surface area contributed by atoms with Crippen molar-refractivity contribution in [3.8, 4) is 5.88 Å². The molecule has 0 aliphatic carbocycles. The maximum absolute atomic E-state index is 5.91. The Morgan fingerprint density at radius 2 is 2.26 bits per heavy atom. The molecule has 1 saturated heterocycles. The zero-order valence-electron chi connectivity index (χ0n) is 11.9. The number of rotatable bonds is 5. The Morgan fingerprint density at radius 1 is 1.42 bits per heavy atom. The van der Waals surface area contributed by atoms with Crippen molar-refractivity contribution in [2.45, 2.75) is 44.5 Å². The van der Waals surface area contributed by atoms with Crippen LogP contribution in [0.1, 0.15) is 37.4 Å². The number of ether oxygens (including phenoxy) is 1. The first-order valence-electron chi connectivity index (χ1n) is 7.11. The molecule has 0 spiro atoms. The van der Waals surface area contributed by atoms with Crippen LogP contribution in [0.5, 0.6) is 5.88 Å². The predicted molar refractivity (Wildman–Crippen MR) is 78.9 cm³/mol. The minimum atomic E-state index is 0.509. The van der Waals surface area contributed by atoms with Gasteiger partial charge in [-0.25, -0.2) is 4.98 Å². The largest absolute Gasteiger partial charge is 0.476 e. The van der Waals surface area contributed by atoms with Gasteiger partial charge in [0.1, 0.15) is 6.61 Å². The van der Waals surface area contributed by atoms with E-state index in [1.807, 2.05) is 12.1 Å². The van der Waals surface area contributed by atoms with Crippen molar-refractivity contribution >= 4 is 11.6 Å². The van der Waals surface area contributed by atoms with Crippen molar-refractivity contribution in [3.05, 3.63) is 23.4 Å². The molecule has 1 aliphatic rings. The van der Waals surface area contributed by atoms with E-state index in [2.05, 4.69) is 23.9 Å². The fourth-order valence-electron chi connectivity index (χ4n) is 2.49. The van der Waals surface area contributed by atoms with Gasteiger partial charge in [-0.1, -0.05) is 13.3 Å². The number of aromatic nitrogens is 1. The third-order valence-corrected chi connectivity index (χ3v) is 4.08. The zero-order valence-corrected chi connectivity index (χ0v) is 12.6. The molecule has 0 N–H and O–H groups in total. The van der Waals surface area contributed by atoms with Crippen LogP contribution in [0.3, 0.4) is 0 Å². The predicted octanol–water partition coefficient (Wildman–Crippen LogP) is 3.25. The molecule has 0 amide bonds. The van der Waals surface area contributed by atoms with Gasteiger partial charge in [-0.2, -0.15) is 0 Å². The number of hydrogen-bond donors (Lipinski definition) is 0. The van der Waals surface area contributed by atoms with Crippen LogP contribution < -0.4 is 4.74 Å². The molecule has 0 saturated carbocycles. The normalized spacial score (nSPS) is 20.5. The molecule has 1 aromatic rings. The van der Waals surface area contributed by atoms with Crippen LogP contribution >= 0.6 is 11.6 Å². The second kappa shape index (κ2) is 7.11. The molecular weight excluding hydrogens is 260 g/mol. The molecule has 1 unspecified atom stereocenters. The Labute approximate surface area is 120 Å². The molecule has 0 aromatic carbocycles. The van der Waals surface area contributed by atoms with Crippen LogP contribution in [0.25, 0.3) is 0 Å². The van der Waals surface area contributed by atoms with E-state index in [-0.39, 0.29) is 0 Å². The highest BCUT2D eigenvalue weighted by atomic mass is 35.5. The maximum atomic E-state index is 5.91. The molecule has 0 radical (unpaired) electrons. The van der Waals surface area contributed by atoms with E-state index in [1.165, 1.54) is 25.8 Å².